The third kappa shape index (κ3) is 9.64. The first-order valence-corrected chi connectivity index (χ1v) is 12.4. The molecule has 1 rings (SSSR count). The number of hydrogen-bond acceptors (Lipinski definition) is 1. The first kappa shape index (κ1) is 26.7. The van der Waals surface area contributed by atoms with Crippen LogP contribution in [0.25, 0.3) is 0 Å². The van der Waals surface area contributed by atoms with E-state index in [1.807, 2.05) is 39.3 Å². The molecule has 0 fully saturated rings. The summed E-state index contributed by atoms with van der Waals surface area (Å²) in [6.45, 7) is 2.27. The zero-order valence-electron chi connectivity index (χ0n) is 20.3. The van der Waals surface area contributed by atoms with Gasteiger partial charge < -0.3 is 9.59 Å². The Morgan fingerprint density at radius 1 is 0.767 bits per heavy atom. The number of carbonyl (C=O) groups is 1. The predicted octanol–water partition coefficient (Wildman–Crippen LogP) is 7.24. The highest BCUT2D eigenvalue weighted by molar-refractivity contribution is 5.77. The average Bonchev–Trinajstić information content (AvgIpc) is 2.70. The number of hydrogen-bond donors (Lipinski definition) is 1. The third-order valence-corrected chi connectivity index (χ3v) is 6.80. The number of aryl methyl sites for hydroxylation is 1. The molecule has 1 aromatic carbocycles. The van der Waals surface area contributed by atoms with Crippen LogP contribution < -0.4 is 0 Å². The van der Waals surface area contributed by atoms with Crippen LogP contribution in [0.1, 0.15) is 102 Å². The van der Waals surface area contributed by atoms with Crippen molar-refractivity contribution in [2.24, 2.45) is 0 Å². The molecule has 0 bridgehead atoms. The van der Waals surface area contributed by atoms with Crippen molar-refractivity contribution in [1.82, 2.24) is 0 Å². The van der Waals surface area contributed by atoms with Crippen LogP contribution in [0.15, 0.2) is 30.3 Å². The van der Waals surface area contributed by atoms with E-state index in [1.54, 1.807) is 0 Å². The monoisotopic (exact) mass is 418 g/mol. The topological polar surface area (TPSA) is 37.3 Å². The van der Waals surface area contributed by atoms with Gasteiger partial charge in [0.15, 0.2) is 5.54 Å². The zero-order chi connectivity index (χ0) is 22.3. The van der Waals surface area contributed by atoms with Gasteiger partial charge in [-0.15, -0.1) is 0 Å². The van der Waals surface area contributed by atoms with Crippen LogP contribution in [0.2, 0.25) is 0 Å². The van der Waals surface area contributed by atoms with Gasteiger partial charge in [-0.1, -0.05) is 108 Å². The van der Waals surface area contributed by atoms with Crippen LogP contribution in [0.4, 0.5) is 0 Å². The maximum atomic E-state index is 12.4. The number of carboxylic acid groups (broad SMARTS) is 1. The molecule has 3 nitrogen and oxygen atoms in total. The number of benzene rings is 1. The zero-order valence-corrected chi connectivity index (χ0v) is 20.3. The highest BCUT2D eigenvalue weighted by atomic mass is 16.4. The van der Waals surface area contributed by atoms with Crippen molar-refractivity contribution < 1.29 is 14.4 Å². The molecule has 0 saturated heterocycles. The number of aliphatic carboxylic acids is 1. The SMILES string of the molecule is CCCCCCCCCCCCCCC(CCc1ccccc1)(C(=O)O)[N+](C)(C)C. The molecule has 1 unspecified atom stereocenters. The van der Waals surface area contributed by atoms with E-state index in [1.165, 1.54) is 69.8 Å². The van der Waals surface area contributed by atoms with E-state index < -0.39 is 11.5 Å². The van der Waals surface area contributed by atoms with E-state index in [4.69, 9.17) is 0 Å². The second kappa shape index (κ2) is 14.6. The molecule has 0 aliphatic heterocycles. The van der Waals surface area contributed by atoms with Crippen LogP contribution in [0.3, 0.4) is 0 Å². The van der Waals surface area contributed by atoms with Gasteiger partial charge in [-0.25, -0.2) is 4.79 Å². The van der Waals surface area contributed by atoms with E-state index >= 15 is 0 Å². The molecule has 0 saturated carbocycles. The van der Waals surface area contributed by atoms with E-state index in [-0.39, 0.29) is 0 Å². The van der Waals surface area contributed by atoms with E-state index in [0.717, 1.165) is 25.7 Å². The summed E-state index contributed by atoms with van der Waals surface area (Å²) in [5, 5.41) is 10.2. The molecule has 30 heavy (non-hydrogen) atoms. The highest BCUT2D eigenvalue weighted by Gasteiger charge is 2.49. The van der Waals surface area contributed by atoms with Crippen molar-refractivity contribution >= 4 is 5.97 Å². The molecular formula is C27H48NO2+. The molecule has 0 aromatic heterocycles. The molecule has 172 valence electrons. The lowest BCUT2D eigenvalue weighted by molar-refractivity contribution is -0.915. The van der Waals surface area contributed by atoms with Crippen molar-refractivity contribution in [2.75, 3.05) is 21.1 Å². The summed E-state index contributed by atoms with van der Waals surface area (Å²) in [6.07, 6.45) is 17.9. The fraction of sp³-hybridized carbons (Fsp3) is 0.741. The van der Waals surface area contributed by atoms with Crippen LogP contribution >= 0.6 is 0 Å². The van der Waals surface area contributed by atoms with Crippen molar-refractivity contribution in [1.29, 1.82) is 0 Å². The van der Waals surface area contributed by atoms with Crippen LogP contribution in [0.5, 0.6) is 0 Å². The van der Waals surface area contributed by atoms with E-state index in [9.17, 15) is 9.90 Å². The number of unbranched alkanes of at least 4 members (excludes halogenated alkanes) is 11. The lowest BCUT2D eigenvalue weighted by atomic mass is 9.83. The maximum Gasteiger partial charge on any atom is 0.365 e. The summed E-state index contributed by atoms with van der Waals surface area (Å²) < 4.78 is 0.479. The molecule has 0 amide bonds. The minimum Gasteiger partial charge on any atom is -0.477 e. The van der Waals surface area contributed by atoms with Gasteiger partial charge in [0.2, 0.25) is 0 Å². The minimum absolute atomic E-state index is 0.479. The normalized spacial score (nSPS) is 13.9. The largest absolute Gasteiger partial charge is 0.477 e. The summed E-state index contributed by atoms with van der Waals surface area (Å²) in [6, 6.07) is 10.3. The lowest BCUT2D eigenvalue weighted by Gasteiger charge is -2.43. The Kier molecular flexibility index (Phi) is 13.0. The quantitative estimate of drug-likeness (QED) is 0.201. The van der Waals surface area contributed by atoms with E-state index in [2.05, 4.69) is 19.1 Å². The predicted molar refractivity (Wildman–Crippen MR) is 129 cm³/mol. The second-order valence-electron chi connectivity index (χ2n) is 9.97. The molecule has 1 N–H and O–H groups in total. The molecule has 0 spiro atoms. The molecule has 1 aromatic rings. The Hall–Kier alpha value is -1.35. The minimum atomic E-state index is -0.714. The van der Waals surface area contributed by atoms with E-state index in [0.29, 0.717) is 10.9 Å². The molecule has 3 heteroatoms. The van der Waals surface area contributed by atoms with Gasteiger partial charge in [0, 0.05) is 12.8 Å². The Bertz CT molecular complexity index is 564. The number of quaternary nitrogens is 1. The van der Waals surface area contributed by atoms with Crippen LogP contribution in [-0.2, 0) is 11.2 Å². The first-order valence-electron chi connectivity index (χ1n) is 12.4. The van der Waals surface area contributed by atoms with Crippen molar-refractivity contribution in [2.45, 2.75) is 109 Å². The average molecular weight is 419 g/mol. The third-order valence-electron chi connectivity index (χ3n) is 6.80. The van der Waals surface area contributed by atoms with Gasteiger partial charge in [-0.3, -0.25) is 0 Å². The van der Waals surface area contributed by atoms with Gasteiger partial charge in [-0.05, 0) is 18.4 Å². The van der Waals surface area contributed by atoms with Crippen molar-refractivity contribution in [3.8, 4) is 0 Å². The Morgan fingerprint density at radius 2 is 1.23 bits per heavy atom. The molecule has 1 atom stereocenters. The van der Waals surface area contributed by atoms with Gasteiger partial charge in [0.1, 0.15) is 0 Å². The molecule has 0 radical (unpaired) electrons. The Morgan fingerprint density at radius 3 is 1.67 bits per heavy atom. The number of carboxylic acids is 1. The Labute approximate surface area is 186 Å². The molecular weight excluding hydrogens is 370 g/mol. The summed E-state index contributed by atoms with van der Waals surface area (Å²) in [7, 11) is 6.12. The van der Waals surface area contributed by atoms with Gasteiger partial charge >= 0.3 is 5.97 Å². The van der Waals surface area contributed by atoms with Crippen molar-refractivity contribution in [3.05, 3.63) is 35.9 Å². The summed E-state index contributed by atoms with van der Waals surface area (Å²) in [5.41, 5.74) is 0.514. The molecule has 0 heterocycles. The number of likely N-dealkylation sites (N-methyl/N-ethyl adjacent to an activating group) is 1. The fourth-order valence-corrected chi connectivity index (χ4v) is 4.55. The Balaban J connectivity index is 2.36. The maximum absolute atomic E-state index is 12.4. The number of nitrogens with zero attached hydrogens (tertiary/aromatic N) is 1. The standard InChI is InChI=1S/C27H47NO2/c1-5-6-7-8-9-10-11-12-13-14-15-19-23-27(26(29)30,28(2,3)4)24-22-25-20-17-16-18-21-25/h16-18,20-21H,5-15,19,22-24H2,1-4H3/p+1. The molecule has 0 aliphatic carbocycles. The number of rotatable bonds is 18. The second-order valence-corrected chi connectivity index (χ2v) is 9.97. The lowest BCUT2D eigenvalue weighted by Crippen LogP contribution is -2.62. The molecule has 0 aliphatic rings. The first-order chi connectivity index (χ1) is 14.3. The summed E-state index contributed by atoms with van der Waals surface area (Å²) >= 11 is 0. The highest BCUT2D eigenvalue weighted by Crippen LogP contribution is 2.32. The van der Waals surface area contributed by atoms with Crippen molar-refractivity contribution in [3.63, 3.8) is 0 Å². The fourth-order valence-electron chi connectivity index (χ4n) is 4.55. The van der Waals surface area contributed by atoms with Crippen LogP contribution in [0, 0.1) is 0 Å². The summed E-state index contributed by atoms with van der Waals surface area (Å²) in [4.78, 5) is 12.4. The smallest absolute Gasteiger partial charge is 0.365 e. The van der Waals surface area contributed by atoms with Gasteiger partial charge in [0.25, 0.3) is 0 Å². The summed E-state index contributed by atoms with van der Waals surface area (Å²) in [5.74, 6) is -0.644. The van der Waals surface area contributed by atoms with Gasteiger partial charge in [0.05, 0.1) is 21.1 Å². The van der Waals surface area contributed by atoms with Crippen LogP contribution in [-0.4, -0.2) is 42.2 Å². The van der Waals surface area contributed by atoms with Gasteiger partial charge in [-0.2, -0.15) is 0 Å².